The zero-order valence-corrected chi connectivity index (χ0v) is 17.9. The molecule has 170 valence electrons. The van der Waals surface area contributed by atoms with Crippen molar-refractivity contribution in [1.29, 1.82) is 0 Å². The predicted molar refractivity (Wildman–Crippen MR) is 116 cm³/mol. The lowest BCUT2D eigenvalue weighted by atomic mass is 9.71. The number of nitrogens with zero attached hydrogens (tertiary/aromatic N) is 5. The van der Waals surface area contributed by atoms with Gasteiger partial charge in [0.15, 0.2) is 11.5 Å². The second-order valence-corrected chi connectivity index (χ2v) is 9.11. The van der Waals surface area contributed by atoms with Crippen LogP contribution < -0.4 is 10.5 Å². The van der Waals surface area contributed by atoms with Gasteiger partial charge in [-0.25, -0.2) is 18.7 Å². The van der Waals surface area contributed by atoms with Crippen molar-refractivity contribution in [2.24, 2.45) is 0 Å². The summed E-state index contributed by atoms with van der Waals surface area (Å²) in [6.07, 6.45) is 2.06. The van der Waals surface area contributed by atoms with Gasteiger partial charge >= 0.3 is 0 Å². The number of nitrogens with two attached hydrogens (primary N) is 1. The number of ether oxygens (including phenoxy) is 1. The molecule has 8 nitrogen and oxygen atoms in total. The Morgan fingerprint density at radius 3 is 2.58 bits per heavy atom. The molecule has 6 rings (SSSR count). The van der Waals surface area contributed by atoms with Crippen molar-refractivity contribution in [2.45, 2.75) is 49.0 Å². The molecule has 2 saturated carbocycles. The van der Waals surface area contributed by atoms with E-state index in [9.17, 15) is 13.9 Å². The smallest absolute Gasteiger partial charge is 0.254 e. The van der Waals surface area contributed by atoms with E-state index in [0.29, 0.717) is 28.3 Å². The van der Waals surface area contributed by atoms with E-state index in [1.807, 2.05) is 24.3 Å². The molecule has 3 aromatic heterocycles. The Kier molecular flexibility index (Phi) is 4.17. The van der Waals surface area contributed by atoms with Crippen LogP contribution in [0.1, 0.15) is 54.6 Å². The Hall–Kier alpha value is -3.40. The maximum Gasteiger partial charge on any atom is 0.254 e. The molecule has 3 heterocycles. The van der Waals surface area contributed by atoms with Gasteiger partial charge in [0.25, 0.3) is 5.92 Å². The molecule has 3 N–H and O–H groups in total. The van der Waals surface area contributed by atoms with Crippen LogP contribution in [0.3, 0.4) is 0 Å². The molecule has 0 aliphatic heterocycles. The van der Waals surface area contributed by atoms with Crippen molar-refractivity contribution in [2.75, 3.05) is 12.8 Å². The lowest BCUT2D eigenvalue weighted by Gasteiger charge is -2.43. The van der Waals surface area contributed by atoms with Gasteiger partial charge in [0.05, 0.1) is 7.11 Å². The summed E-state index contributed by atoms with van der Waals surface area (Å²) in [7, 11) is 1.59. The highest BCUT2D eigenvalue weighted by Gasteiger charge is 2.56. The molecule has 2 aliphatic carbocycles. The van der Waals surface area contributed by atoms with Crippen LogP contribution in [0.4, 0.5) is 14.7 Å². The molecule has 2 fully saturated rings. The van der Waals surface area contributed by atoms with Gasteiger partial charge in [-0.2, -0.15) is 4.52 Å². The molecule has 1 aromatic carbocycles. The number of fused-ring (bicyclic) bond motifs is 3. The Morgan fingerprint density at radius 2 is 1.91 bits per heavy atom. The maximum atomic E-state index is 13.2. The molecule has 0 unspecified atom stereocenters. The zero-order valence-electron chi connectivity index (χ0n) is 17.9. The standard InChI is InChI=1S/C23H22F2N6O2/c1-33-17-4-2-3-15-18(17)28-21(26)31-20(15)29-19(30-31)13-7-12(8-13)16-6-5-14(9-27-16)22(32)10-23(24,25)11-22/h2-6,9,12-13,32H,7-8,10-11H2,1H3,(H2,26,28)/t12-,13-. The first-order chi connectivity index (χ1) is 15.8. The van der Waals surface area contributed by atoms with Crippen LogP contribution in [0, 0.1) is 0 Å². The molecule has 0 bridgehead atoms. The Balaban J connectivity index is 1.22. The van der Waals surface area contributed by atoms with Crippen LogP contribution in [-0.4, -0.2) is 42.7 Å². The van der Waals surface area contributed by atoms with E-state index in [1.165, 1.54) is 6.20 Å². The minimum atomic E-state index is -2.80. The number of hydrogen-bond donors (Lipinski definition) is 2. The molecule has 0 spiro atoms. The summed E-state index contributed by atoms with van der Waals surface area (Å²) in [6, 6.07) is 9.15. The number of alkyl halides is 2. The predicted octanol–water partition coefficient (Wildman–Crippen LogP) is 3.54. The van der Waals surface area contributed by atoms with E-state index in [2.05, 4.69) is 15.1 Å². The van der Waals surface area contributed by atoms with Gasteiger partial charge in [-0.3, -0.25) is 4.98 Å². The van der Waals surface area contributed by atoms with Crippen LogP contribution in [0.15, 0.2) is 36.5 Å². The number of pyridine rings is 1. The number of rotatable bonds is 4. The van der Waals surface area contributed by atoms with Crippen molar-refractivity contribution in [3.05, 3.63) is 53.6 Å². The third-order valence-electron chi connectivity index (χ3n) is 6.87. The highest BCUT2D eigenvalue weighted by molar-refractivity contribution is 5.95. The third kappa shape index (κ3) is 3.12. The molecule has 0 atom stereocenters. The number of aromatic nitrogens is 5. The van der Waals surface area contributed by atoms with Crippen molar-refractivity contribution in [1.82, 2.24) is 24.6 Å². The monoisotopic (exact) mass is 452 g/mol. The Morgan fingerprint density at radius 1 is 1.12 bits per heavy atom. The summed E-state index contributed by atoms with van der Waals surface area (Å²) in [5, 5.41) is 15.8. The summed E-state index contributed by atoms with van der Waals surface area (Å²) in [5.41, 5.74) is 7.27. The van der Waals surface area contributed by atoms with E-state index < -0.39 is 24.4 Å². The normalized spacial score (nSPS) is 23.3. The number of hydrogen-bond acceptors (Lipinski definition) is 7. The van der Waals surface area contributed by atoms with Gasteiger partial charge in [-0.15, -0.1) is 5.10 Å². The molecule has 0 radical (unpaired) electrons. The summed E-state index contributed by atoms with van der Waals surface area (Å²) in [6.45, 7) is 0. The molecule has 33 heavy (non-hydrogen) atoms. The quantitative estimate of drug-likeness (QED) is 0.487. The van der Waals surface area contributed by atoms with Crippen molar-refractivity contribution >= 4 is 22.5 Å². The van der Waals surface area contributed by atoms with Gasteiger partial charge in [-0.1, -0.05) is 12.1 Å². The largest absolute Gasteiger partial charge is 0.494 e. The average Bonchev–Trinajstić information content (AvgIpc) is 3.17. The molecule has 0 saturated heterocycles. The lowest BCUT2D eigenvalue weighted by molar-refractivity contribution is -0.210. The van der Waals surface area contributed by atoms with Crippen LogP contribution in [0.2, 0.25) is 0 Å². The number of halogens is 2. The molecule has 0 amide bonds. The van der Waals surface area contributed by atoms with Gasteiger partial charge in [0.1, 0.15) is 16.9 Å². The van der Waals surface area contributed by atoms with Crippen molar-refractivity contribution in [3.8, 4) is 5.75 Å². The topological polar surface area (TPSA) is 111 Å². The van der Waals surface area contributed by atoms with Crippen LogP contribution in [0.25, 0.3) is 16.6 Å². The Bertz CT molecular complexity index is 1370. The van der Waals surface area contributed by atoms with Crippen LogP contribution in [-0.2, 0) is 5.60 Å². The summed E-state index contributed by atoms with van der Waals surface area (Å²) >= 11 is 0. The molecule has 10 heteroatoms. The molecule has 4 aromatic rings. The molecule has 2 aliphatic rings. The van der Waals surface area contributed by atoms with E-state index in [-0.39, 0.29) is 17.8 Å². The van der Waals surface area contributed by atoms with E-state index in [4.69, 9.17) is 15.5 Å². The first-order valence-corrected chi connectivity index (χ1v) is 10.8. The molecular weight excluding hydrogens is 430 g/mol. The van der Waals surface area contributed by atoms with Gasteiger partial charge in [0, 0.05) is 47.5 Å². The number of benzene rings is 1. The summed E-state index contributed by atoms with van der Waals surface area (Å²) in [5.74, 6) is -0.845. The zero-order chi connectivity index (χ0) is 23.0. The number of anilines is 1. The highest BCUT2D eigenvalue weighted by atomic mass is 19.3. The maximum absolute atomic E-state index is 13.2. The van der Waals surface area contributed by atoms with Crippen molar-refractivity contribution < 1.29 is 18.6 Å². The highest BCUT2D eigenvalue weighted by Crippen LogP contribution is 2.52. The van der Waals surface area contributed by atoms with Crippen LogP contribution >= 0.6 is 0 Å². The van der Waals surface area contributed by atoms with Crippen LogP contribution in [0.5, 0.6) is 5.75 Å². The van der Waals surface area contributed by atoms with Gasteiger partial charge in [-0.05, 0) is 31.0 Å². The SMILES string of the molecule is COc1cccc2c1nc(N)n1nc([C@H]3C[C@H](c4ccc(C5(O)CC(F)(F)C5)cn4)C3)nc21. The Labute approximate surface area is 187 Å². The minimum absolute atomic E-state index is 0.158. The first kappa shape index (κ1) is 20.2. The van der Waals surface area contributed by atoms with Gasteiger partial charge in [0.2, 0.25) is 5.95 Å². The second kappa shape index (κ2) is 6.80. The number of para-hydroxylation sites is 1. The fourth-order valence-corrected chi connectivity index (χ4v) is 4.98. The second-order valence-electron chi connectivity index (χ2n) is 9.11. The van der Waals surface area contributed by atoms with Crippen molar-refractivity contribution in [3.63, 3.8) is 0 Å². The van der Waals surface area contributed by atoms with E-state index in [0.717, 1.165) is 23.9 Å². The average molecular weight is 452 g/mol. The lowest BCUT2D eigenvalue weighted by Crippen LogP contribution is -2.49. The molecular formula is C23H22F2N6O2. The third-order valence-corrected chi connectivity index (χ3v) is 6.87. The van der Waals surface area contributed by atoms with E-state index in [1.54, 1.807) is 17.7 Å². The number of methoxy groups -OCH3 is 1. The fourth-order valence-electron chi connectivity index (χ4n) is 4.98. The van der Waals surface area contributed by atoms with Gasteiger partial charge < -0.3 is 15.6 Å². The summed E-state index contributed by atoms with van der Waals surface area (Å²) in [4.78, 5) is 13.6. The minimum Gasteiger partial charge on any atom is -0.494 e. The number of aliphatic hydroxyl groups is 1. The number of nitrogen functional groups attached to an aromatic ring is 1. The van der Waals surface area contributed by atoms with E-state index >= 15 is 0 Å². The first-order valence-electron chi connectivity index (χ1n) is 10.8. The summed E-state index contributed by atoms with van der Waals surface area (Å²) < 4.78 is 33.4. The fraction of sp³-hybridized carbons (Fsp3) is 0.391.